The predicted molar refractivity (Wildman–Crippen MR) is 100 cm³/mol. The Labute approximate surface area is 159 Å². The van der Waals surface area contributed by atoms with Gasteiger partial charge >= 0.3 is 5.97 Å². The van der Waals surface area contributed by atoms with Crippen molar-refractivity contribution in [3.8, 4) is 0 Å². The van der Waals surface area contributed by atoms with Crippen LogP contribution in [0.3, 0.4) is 0 Å². The van der Waals surface area contributed by atoms with Gasteiger partial charge in [0.1, 0.15) is 11.6 Å². The number of benzene rings is 2. The lowest BCUT2D eigenvalue weighted by molar-refractivity contribution is -0.154. The van der Waals surface area contributed by atoms with Crippen LogP contribution in [0.1, 0.15) is 25.0 Å². The summed E-state index contributed by atoms with van der Waals surface area (Å²) in [5.74, 6) is -1.95. The van der Waals surface area contributed by atoms with Crippen LogP contribution in [0.25, 0.3) is 0 Å². The summed E-state index contributed by atoms with van der Waals surface area (Å²) >= 11 is 0. The molecule has 0 bridgehead atoms. The van der Waals surface area contributed by atoms with Gasteiger partial charge in [-0.15, -0.1) is 0 Å². The molecule has 5 heteroatoms. The molecule has 27 heavy (non-hydrogen) atoms. The number of Topliss-reactive ketones (excluding diaryl/α,β-unsaturated/α-hetero) is 1. The lowest BCUT2D eigenvalue weighted by Gasteiger charge is -2.27. The molecular formula is C22H25FO4. The fourth-order valence-corrected chi connectivity index (χ4v) is 2.96. The molecule has 2 rings (SSSR count). The first-order valence-corrected chi connectivity index (χ1v) is 8.93. The highest BCUT2D eigenvalue weighted by atomic mass is 19.1. The van der Waals surface area contributed by atoms with Gasteiger partial charge in [-0.25, -0.2) is 4.39 Å². The summed E-state index contributed by atoms with van der Waals surface area (Å²) in [6.45, 7) is 3.74. The van der Waals surface area contributed by atoms with E-state index in [2.05, 4.69) is 0 Å². The van der Waals surface area contributed by atoms with Crippen LogP contribution >= 0.6 is 0 Å². The highest BCUT2D eigenvalue weighted by Gasteiger charge is 2.34. The normalized spacial score (nSPS) is 14.2. The quantitative estimate of drug-likeness (QED) is 0.625. The van der Waals surface area contributed by atoms with E-state index >= 15 is 0 Å². The van der Waals surface area contributed by atoms with Crippen molar-refractivity contribution in [2.45, 2.75) is 33.0 Å². The molecule has 4 nitrogen and oxygen atoms in total. The van der Waals surface area contributed by atoms with Crippen molar-refractivity contribution >= 4 is 11.8 Å². The molecule has 0 spiro atoms. The summed E-state index contributed by atoms with van der Waals surface area (Å²) < 4.78 is 23.9. The Kier molecular flexibility index (Phi) is 7.67. The van der Waals surface area contributed by atoms with Crippen LogP contribution in [0, 0.1) is 17.7 Å². The Balaban J connectivity index is 2.10. The van der Waals surface area contributed by atoms with Crippen LogP contribution in [0.15, 0.2) is 54.6 Å². The van der Waals surface area contributed by atoms with Crippen molar-refractivity contribution < 1.29 is 23.5 Å². The third-order valence-corrected chi connectivity index (χ3v) is 4.64. The van der Waals surface area contributed by atoms with E-state index in [4.69, 9.17) is 9.47 Å². The molecule has 0 N–H and O–H groups in total. The molecule has 0 aliphatic carbocycles. The van der Waals surface area contributed by atoms with Crippen LogP contribution in [-0.2, 0) is 32.1 Å². The molecule has 0 unspecified atom stereocenters. The van der Waals surface area contributed by atoms with Gasteiger partial charge in [0.25, 0.3) is 0 Å². The number of halogens is 1. The fraction of sp³-hybridized carbons (Fsp3) is 0.364. The summed E-state index contributed by atoms with van der Waals surface area (Å²) in [6.07, 6.45) is -0.467. The third-order valence-electron chi connectivity index (χ3n) is 4.64. The minimum Gasteiger partial charge on any atom is -0.469 e. The van der Waals surface area contributed by atoms with Crippen LogP contribution in [-0.4, -0.2) is 25.0 Å². The van der Waals surface area contributed by atoms with Crippen molar-refractivity contribution in [1.82, 2.24) is 0 Å². The van der Waals surface area contributed by atoms with Crippen LogP contribution in [0.2, 0.25) is 0 Å². The summed E-state index contributed by atoms with van der Waals surface area (Å²) in [7, 11) is 1.32. The number of carbonyl (C=O) groups is 2. The monoisotopic (exact) mass is 372 g/mol. The zero-order chi connectivity index (χ0) is 19.8. The summed E-state index contributed by atoms with van der Waals surface area (Å²) in [5, 5.41) is 0. The Hall–Kier alpha value is -2.53. The molecule has 2 aromatic carbocycles. The second-order valence-electron chi connectivity index (χ2n) is 6.63. The van der Waals surface area contributed by atoms with E-state index in [1.165, 1.54) is 19.2 Å². The molecule has 0 aromatic heterocycles. The van der Waals surface area contributed by atoms with Crippen LogP contribution in [0.4, 0.5) is 4.39 Å². The van der Waals surface area contributed by atoms with Crippen LogP contribution in [0.5, 0.6) is 0 Å². The molecule has 144 valence electrons. The van der Waals surface area contributed by atoms with Gasteiger partial charge in [0.05, 0.1) is 25.7 Å². The maximum absolute atomic E-state index is 13.0. The van der Waals surface area contributed by atoms with Crippen molar-refractivity contribution in [3.05, 3.63) is 71.5 Å². The number of hydrogen-bond acceptors (Lipinski definition) is 4. The van der Waals surface area contributed by atoms with E-state index in [1.807, 2.05) is 30.3 Å². The van der Waals surface area contributed by atoms with Gasteiger partial charge in [-0.3, -0.25) is 9.59 Å². The number of methoxy groups -OCH3 is 1. The zero-order valence-electron chi connectivity index (χ0n) is 15.9. The first-order valence-electron chi connectivity index (χ1n) is 8.93. The van der Waals surface area contributed by atoms with Gasteiger partial charge < -0.3 is 9.47 Å². The van der Waals surface area contributed by atoms with Crippen molar-refractivity contribution in [2.75, 3.05) is 7.11 Å². The second kappa shape index (κ2) is 9.97. The Morgan fingerprint density at radius 3 is 2.15 bits per heavy atom. The van der Waals surface area contributed by atoms with Gasteiger partial charge in [0.2, 0.25) is 0 Å². The minimum absolute atomic E-state index is 0.0737. The number of esters is 1. The standard InChI is InChI=1S/C22H25FO4/c1-15(20(24)13-17-9-11-19(23)12-10-17)21(16(2)22(25)26-3)27-14-18-7-5-4-6-8-18/h4-12,15-16,21H,13-14H2,1-3H3/t15-,16-,21-/m1/s1. The Morgan fingerprint density at radius 2 is 1.56 bits per heavy atom. The maximum Gasteiger partial charge on any atom is 0.311 e. The van der Waals surface area contributed by atoms with E-state index in [9.17, 15) is 14.0 Å². The van der Waals surface area contributed by atoms with Gasteiger partial charge in [-0.1, -0.05) is 49.4 Å². The van der Waals surface area contributed by atoms with Gasteiger partial charge in [-0.2, -0.15) is 0 Å². The van der Waals surface area contributed by atoms with E-state index in [0.29, 0.717) is 6.61 Å². The molecule has 0 aliphatic heterocycles. The summed E-state index contributed by atoms with van der Waals surface area (Å²) in [6, 6.07) is 15.4. The maximum atomic E-state index is 13.0. The predicted octanol–water partition coefficient (Wildman–Crippen LogP) is 3.97. The SMILES string of the molecule is COC(=O)[C@H](C)[C@H](OCc1ccccc1)[C@H](C)C(=O)Cc1ccc(F)cc1. The lowest BCUT2D eigenvalue weighted by atomic mass is 9.87. The van der Waals surface area contributed by atoms with E-state index in [0.717, 1.165) is 11.1 Å². The Morgan fingerprint density at radius 1 is 0.926 bits per heavy atom. The highest BCUT2D eigenvalue weighted by molar-refractivity contribution is 5.84. The molecule has 0 saturated heterocycles. The number of rotatable bonds is 9. The molecule has 0 saturated carbocycles. The van der Waals surface area contributed by atoms with E-state index in [-0.39, 0.29) is 18.0 Å². The topological polar surface area (TPSA) is 52.6 Å². The number of hydrogen-bond donors (Lipinski definition) is 0. The molecule has 0 heterocycles. The van der Waals surface area contributed by atoms with Gasteiger partial charge in [0.15, 0.2) is 0 Å². The average Bonchev–Trinajstić information content (AvgIpc) is 2.69. The first-order chi connectivity index (χ1) is 12.9. The fourth-order valence-electron chi connectivity index (χ4n) is 2.96. The van der Waals surface area contributed by atoms with Crippen molar-refractivity contribution in [1.29, 1.82) is 0 Å². The van der Waals surface area contributed by atoms with Crippen molar-refractivity contribution in [2.24, 2.45) is 11.8 Å². The third kappa shape index (κ3) is 6.00. The minimum atomic E-state index is -0.620. The van der Waals surface area contributed by atoms with E-state index in [1.54, 1.807) is 26.0 Å². The van der Waals surface area contributed by atoms with Crippen molar-refractivity contribution in [3.63, 3.8) is 0 Å². The highest BCUT2D eigenvalue weighted by Crippen LogP contribution is 2.22. The first kappa shape index (κ1) is 20.8. The smallest absolute Gasteiger partial charge is 0.311 e. The molecule has 0 fully saturated rings. The number of carbonyl (C=O) groups excluding carboxylic acids is 2. The van der Waals surface area contributed by atoms with E-state index < -0.39 is 23.9 Å². The number of ether oxygens (including phenoxy) is 2. The van der Waals surface area contributed by atoms with Crippen LogP contribution < -0.4 is 0 Å². The summed E-state index contributed by atoms with van der Waals surface area (Å²) in [4.78, 5) is 24.8. The molecule has 2 aromatic rings. The zero-order valence-corrected chi connectivity index (χ0v) is 15.9. The molecule has 3 atom stereocenters. The molecular weight excluding hydrogens is 347 g/mol. The van der Waals surface area contributed by atoms with Gasteiger partial charge in [0, 0.05) is 12.3 Å². The second-order valence-corrected chi connectivity index (χ2v) is 6.63. The molecule has 0 aliphatic rings. The van der Waals surface area contributed by atoms with Gasteiger partial charge in [-0.05, 0) is 30.2 Å². The summed E-state index contributed by atoms with van der Waals surface area (Å²) in [5.41, 5.74) is 1.68. The largest absolute Gasteiger partial charge is 0.469 e. The molecule has 0 amide bonds. The number of ketones is 1. The average molecular weight is 372 g/mol. The lowest BCUT2D eigenvalue weighted by Crippen LogP contribution is -2.38. The Bertz CT molecular complexity index is 743. The molecule has 0 radical (unpaired) electrons.